The van der Waals surface area contributed by atoms with Crippen LogP contribution in [0.4, 0.5) is 0 Å². The van der Waals surface area contributed by atoms with E-state index in [9.17, 15) is 0 Å². The van der Waals surface area contributed by atoms with Crippen LogP contribution in [0, 0.1) is 6.33 Å². The first-order chi connectivity index (χ1) is 35.5. The number of pyridine rings is 1. The molecule has 7 heterocycles. The van der Waals surface area contributed by atoms with Gasteiger partial charge in [0.1, 0.15) is 51.6 Å². The molecule has 16 rings (SSSR count). The van der Waals surface area contributed by atoms with E-state index in [1.807, 2.05) is 60.8 Å². The van der Waals surface area contributed by atoms with Gasteiger partial charge in [-0.2, -0.15) is 0 Å². The third-order valence-electron chi connectivity index (χ3n) is 15.3. The van der Waals surface area contributed by atoms with Crippen molar-refractivity contribution in [1.29, 1.82) is 0 Å². The largest absolute Gasteiger partial charge is 0.458 e. The average Bonchev–Trinajstić information content (AvgIpc) is 3.97. The fraction of sp³-hybridized carbons (Fsp3) is 0.0476. The molecule has 9 aromatic carbocycles. The number of benzene rings is 9. The predicted octanol–water partition coefficient (Wildman–Crippen LogP) is 12.8. The van der Waals surface area contributed by atoms with E-state index >= 15 is 0 Å². The predicted molar refractivity (Wildman–Crippen MR) is 283 cm³/mol. The Morgan fingerprint density at radius 3 is 1.96 bits per heavy atom. The summed E-state index contributed by atoms with van der Waals surface area (Å²) in [7, 11) is 0. The highest BCUT2D eigenvalue weighted by atomic mass is 16.5. The molecule has 4 aliphatic rings. The number of rotatable bonds is 6. The molecule has 0 bridgehead atoms. The second kappa shape index (κ2) is 14.4. The molecule has 8 nitrogen and oxygen atoms in total. The minimum absolute atomic E-state index is 0.0993. The van der Waals surface area contributed by atoms with Gasteiger partial charge in [-0.3, -0.25) is 13.7 Å². The molecular weight excluding hydrogens is 888 g/mol. The van der Waals surface area contributed by atoms with Crippen LogP contribution in [-0.4, -0.2) is 20.8 Å². The van der Waals surface area contributed by atoms with Crippen LogP contribution in [0.25, 0.3) is 72.3 Å². The van der Waals surface area contributed by atoms with Gasteiger partial charge in [0.25, 0.3) is 13.0 Å². The molecule has 72 heavy (non-hydrogen) atoms. The van der Waals surface area contributed by atoms with Crippen molar-refractivity contribution in [3.05, 3.63) is 218 Å². The summed E-state index contributed by atoms with van der Waals surface area (Å²) in [5.41, 5.74) is 16.6. The Bertz CT molecular complexity index is 4260. The number of aromatic nitrogens is 4. The third-order valence-corrected chi connectivity index (χ3v) is 15.3. The molecule has 3 aromatic heterocycles. The maximum atomic E-state index is 6.97. The second-order valence-electron chi connectivity index (χ2n) is 19.6. The average molecular weight is 927 g/mol. The number of hydrogen-bond acceptors (Lipinski definition) is 5. The van der Waals surface area contributed by atoms with E-state index in [4.69, 9.17) is 23.9 Å². The van der Waals surface area contributed by atoms with Crippen molar-refractivity contribution in [2.24, 2.45) is 0 Å². The van der Waals surface area contributed by atoms with Crippen molar-refractivity contribution in [3.8, 4) is 85.3 Å². The number of hydrogen-bond donors (Lipinski definition) is 0. The van der Waals surface area contributed by atoms with Crippen LogP contribution in [0.1, 0.15) is 25.0 Å². The molecule has 0 N–H and O–H groups in total. The van der Waals surface area contributed by atoms with Crippen molar-refractivity contribution < 1.29 is 23.5 Å². The van der Waals surface area contributed by atoms with E-state index in [2.05, 4.69) is 173 Å². The van der Waals surface area contributed by atoms with Crippen LogP contribution in [0.15, 0.2) is 200 Å². The van der Waals surface area contributed by atoms with Crippen molar-refractivity contribution >= 4 is 56.1 Å². The van der Waals surface area contributed by atoms with Crippen LogP contribution in [0.3, 0.4) is 0 Å². The Kier molecular flexibility index (Phi) is 7.89. The van der Waals surface area contributed by atoms with Gasteiger partial charge in [-0.25, -0.2) is 4.98 Å². The number of nitrogens with zero attached hydrogens (tertiary/aromatic N) is 4. The van der Waals surface area contributed by atoms with Crippen LogP contribution in [-0.2, 0) is 5.41 Å². The van der Waals surface area contributed by atoms with E-state index < -0.39 is 0 Å². The Labute approximate surface area is 414 Å². The number of fused-ring (bicyclic) bond motifs is 6. The van der Waals surface area contributed by atoms with E-state index in [1.54, 1.807) is 0 Å². The summed E-state index contributed by atoms with van der Waals surface area (Å²) in [4.78, 5) is 5.02. The summed E-state index contributed by atoms with van der Waals surface area (Å²) in [6.45, 7) is 4.53. The Morgan fingerprint density at radius 2 is 1.22 bits per heavy atom. The van der Waals surface area contributed by atoms with Crippen molar-refractivity contribution in [2.45, 2.75) is 19.3 Å². The normalized spacial score (nSPS) is 13.8. The molecule has 12 aromatic rings. The standard InChI is InChI=1S/C63H39BN4O4/c1-63(2)45-31-30-41(34-48(45)67-36-66(47-25-11-24-46(63)60(47)67)59-42(37-15-5-3-6-16-37)21-10-22-43(59)38-17-7-4-8-18-38)69-40-20-9-19-39(33-40)68-49-35-54-58-61(55(49)44-23-14-32-65-62(44)68)72-53-29-13-27-51-57(53)64(58)56-50(70-51)26-12-28-52(56)71-54/h3-35H,1-2H3. The van der Waals surface area contributed by atoms with Gasteiger partial charge >= 0.3 is 0 Å². The molecular formula is C63H39BN4O4. The quantitative estimate of drug-likeness (QED) is 0.0944. The number of ether oxygens (including phenoxy) is 4. The Hall–Kier alpha value is -9.34. The van der Waals surface area contributed by atoms with Crippen molar-refractivity contribution in [1.82, 2.24) is 14.1 Å². The first-order valence-corrected chi connectivity index (χ1v) is 24.4. The minimum atomic E-state index is -0.316. The highest BCUT2D eigenvalue weighted by molar-refractivity contribution is 6.99. The van der Waals surface area contributed by atoms with Gasteiger partial charge in [0.15, 0.2) is 0 Å². The molecule has 0 atom stereocenters. The number of para-hydroxylation sites is 2. The van der Waals surface area contributed by atoms with Crippen molar-refractivity contribution in [2.75, 3.05) is 0 Å². The molecule has 0 saturated carbocycles. The zero-order chi connectivity index (χ0) is 47.4. The summed E-state index contributed by atoms with van der Waals surface area (Å²) in [6.07, 6.45) is 5.75. The molecule has 0 fully saturated rings. The lowest BCUT2D eigenvalue weighted by molar-refractivity contribution is -0.571. The summed E-state index contributed by atoms with van der Waals surface area (Å²) < 4.78 is 33.9. The summed E-state index contributed by atoms with van der Waals surface area (Å²) in [5, 5.41) is 1.95. The maximum Gasteiger partial charge on any atom is 0.270 e. The zero-order valence-electron chi connectivity index (χ0n) is 39.1. The summed E-state index contributed by atoms with van der Waals surface area (Å²) in [6, 6.07) is 67.6. The Morgan fingerprint density at radius 1 is 0.569 bits per heavy atom. The maximum absolute atomic E-state index is 6.97. The molecule has 0 spiro atoms. The molecule has 0 amide bonds. The van der Waals surface area contributed by atoms with E-state index in [0.717, 1.165) is 123 Å². The van der Waals surface area contributed by atoms with Gasteiger partial charge in [0.05, 0.1) is 39.0 Å². The van der Waals surface area contributed by atoms with Crippen LogP contribution >= 0.6 is 0 Å². The summed E-state index contributed by atoms with van der Waals surface area (Å²) in [5.74, 6) is 6.11. The van der Waals surface area contributed by atoms with Gasteiger partial charge in [-0.05, 0) is 94.0 Å². The first kappa shape index (κ1) is 39.5. The number of imidazole rings is 1. The molecule has 9 heteroatoms. The lowest BCUT2D eigenvalue weighted by Gasteiger charge is -2.37. The first-order valence-electron chi connectivity index (χ1n) is 24.4. The lowest BCUT2D eigenvalue weighted by atomic mass is 9.34. The fourth-order valence-electron chi connectivity index (χ4n) is 12.2. The van der Waals surface area contributed by atoms with Gasteiger partial charge < -0.3 is 18.9 Å². The smallest absolute Gasteiger partial charge is 0.270 e. The van der Waals surface area contributed by atoms with Gasteiger partial charge in [0, 0.05) is 45.5 Å². The van der Waals surface area contributed by atoms with Crippen LogP contribution in [0.5, 0.6) is 46.0 Å². The Balaban J connectivity index is 0.836. The highest BCUT2D eigenvalue weighted by Gasteiger charge is 2.47. The molecule has 0 aliphatic carbocycles. The zero-order valence-corrected chi connectivity index (χ0v) is 39.1. The molecule has 4 aliphatic heterocycles. The minimum Gasteiger partial charge on any atom is -0.458 e. The van der Waals surface area contributed by atoms with E-state index in [0.29, 0.717) is 11.5 Å². The molecule has 0 radical (unpaired) electrons. The second-order valence-corrected chi connectivity index (χ2v) is 19.6. The molecule has 0 saturated heterocycles. The van der Waals surface area contributed by atoms with Crippen molar-refractivity contribution in [3.63, 3.8) is 0 Å². The highest BCUT2D eigenvalue weighted by Crippen LogP contribution is 2.49. The van der Waals surface area contributed by atoms with Gasteiger partial charge in [-0.15, -0.1) is 0 Å². The monoisotopic (exact) mass is 926 g/mol. The molecule has 0 unspecified atom stereocenters. The topological polar surface area (TPSA) is 63.6 Å². The fourth-order valence-corrected chi connectivity index (χ4v) is 12.2. The summed E-state index contributed by atoms with van der Waals surface area (Å²) >= 11 is 0. The van der Waals surface area contributed by atoms with Crippen LogP contribution in [0.2, 0.25) is 0 Å². The molecule has 338 valence electrons. The SMILES string of the molecule is CC1(C)c2ccc(Oc3cccc(-n4c5cc6c7c(c5c5cccnc54)Oc4cccc5c4B7c4c(cccc4O6)O5)c3)cc2-n2[c-][n+](-c3c(-c4ccccc4)cccc3-c3ccccc3)c3cccc1c32. The van der Waals surface area contributed by atoms with Gasteiger partial charge in [-0.1, -0.05) is 135 Å². The van der Waals surface area contributed by atoms with Gasteiger partial charge in [0.2, 0.25) is 0 Å². The lowest BCUT2D eigenvalue weighted by Crippen LogP contribution is -2.59. The third kappa shape index (κ3) is 5.36. The van der Waals surface area contributed by atoms with Crippen LogP contribution < -0.4 is 39.9 Å². The van der Waals surface area contributed by atoms with E-state index in [1.165, 1.54) is 11.1 Å². The van der Waals surface area contributed by atoms with E-state index in [-0.39, 0.29) is 12.1 Å².